The highest BCUT2D eigenvalue weighted by atomic mass is 16.3. The van der Waals surface area contributed by atoms with Crippen molar-refractivity contribution < 1.29 is 4.42 Å². The number of oxazole rings is 1. The van der Waals surface area contributed by atoms with Crippen LogP contribution >= 0.6 is 0 Å². The molecular weight excluding hydrogens is 278 g/mol. The molecule has 0 N–H and O–H groups in total. The highest BCUT2D eigenvalue weighted by molar-refractivity contribution is 5.66. The number of aromatic nitrogens is 5. The van der Waals surface area contributed by atoms with E-state index in [0.29, 0.717) is 11.5 Å². The maximum atomic E-state index is 5.19. The van der Waals surface area contributed by atoms with Crippen LogP contribution in [0, 0.1) is 13.8 Å². The Morgan fingerprint density at radius 3 is 2.50 bits per heavy atom. The van der Waals surface area contributed by atoms with Gasteiger partial charge in [0.15, 0.2) is 17.1 Å². The molecule has 0 radical (unpaired) electrons. The summed E-state index contributed by atoms with van der Waals surface area (Å²) in [5.74, 6) is 1.42. The molecule has 6 nitrogen and oxygen atoms in total. The van der Waals surface area contributed by atoms with Crippen LogP contribution in [0.2, 0.25) is 0 Å². The fraction of sp³-hybridized carbons (Fsp3) is 0.250. The molecular formula is C16H19N5O. The zero-order valence-corrected chi connectivity index (χ0v) is 13.2. The fourth-order valence-corrected chi connectivity index (χ4v) is 1.83. The molecule has 4 aromatic heterocycles. The second kappa shape index (κ2) is 7.31. The van der Waals surface area contributed by atoms with E-state index in [2.05, 4.69) is 19.9 Å². The Morgan fingerprint density at radius 2 is 1.77 bits per heavy atom. The number of aryl methyl sites for hydroxylation is 2. The van der Waals surface area contributed by atoms with Crippen molar-refractivity contribution in [2.45, 2.75) is 27.7 Å². The highest BCUT2D eigenvalue weighted by Gasteiger charge is 1.98. The summed E-state index contributed by atoms with van der Waals surface area (Å²) in [6.07, 6.45) is 7.32. The van der Waals surface area contributed by atoms with E-state index < -0.39 is 0 Å². The van der Waals surface area contributed by atoms with E-state index in [1.165, 1.54) is 0 Å². The zero-order valence-electron chi connectivity index (χ0n) is 13.2. The highest BCUT2D eigenvalue weighted by Crippen LogP contribution is 2.10. The van der Waals surface area contributed by atoms with Crippen molar-refractivity contribution in [2.75, 3.05) is 0 Å². The van der Waals surface area contributed by atoms with Gasteiger partial charge in [-0.3, -0.25) is 4.40 Å². The molecule has 0 aliphatic carbocycles. The molecule has 4 heterocycles. The number of nitrogens with zero attached hydrogens (tertiary/aromatic N) is 5. The lowest BCUT2D eigenvalue weighted by molar-refractivity contribution is 0.561. The van der Waals surface area contributed by atoms with Gasteiger partial charge in [0.1, 0.15) is 0 Å². The first-order valence-corrected chi connectivity index (χ1v) is 7.17. The summed E-state index contributed by atoms with van der Waals surface area (Å²) in [4.78, 5) is 16.3. The smallest absolute Gasteiger partial charge is 0.233 e. The van der Waals surface area contributed by atoms with Crippen LogP contribution in [0.15, 0.2) is 47.4 Å². The van der Waals surface area contributed by atoms with Crippen molar-refractivity contribution >= 4 is 17.0 Å². The van der Waals surface area contributed by atoms with E-state index in [0.717, 1.165) is 17.1 Å². The summed E-state index contributed by atoms with van der Waals surface area (Å²) >= 11 is 0. The van der Waals surface area contributed by atoms with Crippen molar-refractivity contribution in [2.24, 2.45) is 0 Å². The lowest BCUT2D eigenvalue weighted by Crippen LogP contribution is -1.82. The number of pyridine rings is 1. The predicted octanol–water partition coefficient (Wildman–Crippen LogP) is 3.60. The SMILES string of the molecule is CC.Cc1cn2cccnc2n1.Cc1nc2ncccc2o1. The monoisotopic (exact) mass is 297 g/mol. The lowest BCUT2D eigenvalue weighted by atomic mass is 10.5. The summed E-state index contributed by atoms with van der Waals surface area (Å²) < 4.78 is 7.09. The van der Waals surface area contributed by atoms with Crippen LogP contribution in [-0.2, 0) is 0 Å². The number of hydrogen-bond acceptors (Lipinski definition) is 5. The first-order valence-electron chi connectivity index (χ1n) is 7.17. The number of rotatable bonds is 0. The Kier molecular flexibility index (Phi) is 5.19. The summed E-state index contributed by atoms with van der Waals surface area (Å²) in [6, 6.07) is 5.56. The lowest BCUT2D eigenvalue weighted by Gasteiger charge is -1.85. The van der Waals surface area contributed by atoms with Gasteiger partial charge < -0.3 is 4.42 Å². The fourth-order valence-electron chi connectivity index (χ4n) is 1.83. The van der Waals surface area contributed by atoms with Gasteiger partial charge in [0, 0.05) is 31.7 Å². The van der Waals surface area contributed by atoms with Gasteiger partial charge >= 0.3 is 0 Å². The normalized spacial score (nSPS) is 9.82. The molecule has 0 aromatic carbocycles. The molecule has 6 heteroatoms. The van der Waals surface area contributed by atoms with Crippen molar-refractivity contribution in [3.63, 3.8) is 0 Å². The third kappa shape index (κ3) is 3.66. The Hall–Kier alpha value is -2.76. The van der Waals surface area contributed by atoms with Gasteiger partial charge in [-0.25, -0.2) is 15.0 Å². The van der Waals surface area contributed by atoms with Crippen molar-refractivity contribution in [1.29, 1.82) is 0 Å². The summed E-state index contributed by atoms with van der Waals surface area (Å²) in [6.45, 7) is 7.76. The molecule has 0 unspecified atom stereocenters. The Balaban J connectivity index is 0.000000144. The van der Waals surface area contributed by atoms with Crippen molar-refractivity contribution in [3.05, 3.63) is 54.6 Å². The summed E-state index contributed by atoms with van der Waals surface area (Å²) in [5.41, 5.74) is 2.43. The first kappa shape index (κ1) is 15.6. The van der Waals surface area contributed by atoms with Crippen LogP contribution in [0.4, 0.5) is 0 Å². The second-order valence-corrected chi connectivity index (χ2v) is 4.27. The molecule has 0 amide bonds. The minimum Gasteiger partial charge on any atom is -0.439 e. The van der Waals surface area contributed by atoms with Gasteiger partial charge in [-0.1, -0.05) is 13.8 Å². The molecule has 0 saturated heterocycles. The molecule has 0 fully saturated rings. The molecule has 0 atom stereocenters. The van der Waals surface area contributed by atoms with Crippen molar-refractivity contribution in [3.8, 4) is 0 Å². The predicted molar refractivity (Wildman–Crippen MR) is 85.6 cm³/mol. The Labute approximate surface area is 128 Å². The van der Waals surface area contributed by atoms with Gasteiger partial charge in [0.05, 0.1) is 5.69 Å². The van der Waals surface area contributed by atoms with Crippen LogP contribution in [0.5, 0.6) is 0 Å². The molecule has 4 aromatic rings. The average molecular weight is 297 g/mol. The van der Waals surface area contributed by atoms with Crippen LogP contribution in [0.25, 0.3) is 17.0 Å². The molecule has 4 rings (SSSR count). The van der Waals surface area contributed by atoms with Gasteiger partial charge in [-0.05, 0) is 25.1 Å². The largest absolute Gasteiger partial charge is 0.439 e. The molecule has 0 aliphatic rings. The summed E-state index contributed by atoms with van der Waals surface area (Å²) in [5, 5.41) is 0. The van der Waals surface area contributed by atoms with E-state index in [1.807, 2.05) is 62.7 Å². The second-order valence-electron chi connectivity index (χ2n) is 4.27. The molecule has 114 valence electrons. The third-order valence-electron chi connectivity index (χ3n) is 2.63. The van der Waals surface area contributed by atoms with E-state index >= 15 is 0 Å². The van der Waals surface area contributed by atoms with E-state index in [4.69, 9.17) is 4.42 Å². The van der Waals surface area contributed by atoms with E-state index in [-0.39, 0.29) is 0 Å². The number of imidazole rings is 1. The standard InChI is InChI=1S/C7H7N3.C7H6N2O.C2H6/c1-6-5-10-4-2-3-8-7(10)9-6;1-5-9-7-6(10-5)3-2-4-8-7;1-2/h2-5H,1H3;2-4H,1H3;1-2H3. The van der Waals surface area contributed by atoms with Crippen molar-refractivity contribution in [1.82, 2.24) is 24.3 Å². The van der Waals surface area contributed by atoms with E-state index in [9.17, 15) is 0 Å². The van der Waals surface area contributed by atoms with Gasteiger partial charge in [-0.2, -0.15) is 4.98 Å². The van der Waals surface area contributed by atoms with Gasteiger partial charge in [0.25, 0.3) is 0 Å². The van der Waals surface area contributed by atoms with Crippen LogP contribution in [-0.4, -0.2) is 24.3 Å². The minimum atomic E-state index is 0.661. The molecule has 0 bridgehead atoms. The van der Waals surface area contributed by atoms with E-state index in [1.54, 1.807) is 12.4 Å². The Morgan fingerprint density at radius 1 is 1.00 bits per heavy atom. The molecule has 0 spiro atoms. The average Bonchev–Trinajstić information content (AvgIpc) is 3.10. The zero-order chi connectivity index (χ0) is 15.9. The van der Waals surface area contributed by atoms with Gasteiger partial charge in [-0.15, -0.1) is 0 Å². The molecule has 0 aliphatic heterocycles. The first-order chi connectivity index (χ1) is 10.7. The number of hydrogen-bond donors (Lipinski definition) is 0. The maximum Gasteiger partial charge on any atom is 0.233 e. The maximum absolute atomic E-state index is 5.19. The van der Waals surface area contributed by atoms with Crippen LogP contribution in [0.1, 0.15) is 25.4 Å². The van der Waals surface area contributed by atoms with Gasteiger partial charge in [0.2, 0.25) is 5.78 Å². The topological polar surface area (TPSA) is 69.1 Å². The quantitative estimate of drug-likeness (QED) is 0.496. The van der Waals surface area contributed by atoms with Crippen LogP contribution < -0.4 is 0 Å². The third-order valence-corrected chi connectivity index (χ3v) is 2.63. The summed E-state index contributed by atoms with van der Waals surface area (Å²) in [7, 11) is 0. The minimum absolute atomic E-state index is 0.661. The van der Waals surface area contributed by atoms with Crippen LogP contribution in [0.3, 0.4) is 0 Å². The number of fused-ring (bicyclic) bond motifs is 2. The molecule has 0 saturated carbocycles. The molecule has 22 heavy (non-hydrogen) atoms. The Bertz CT molecular complexity index is 712.